The third-order valence-electron chi connectivity index (χ3n) is 3.14. The van der Waals surface area contributed by atoms with Crippen LogP contribution in [0.1, 0.15) is 24.2 Å². The van der Waals surface area contributed by atoms with Gasteiger partial charge in [-0.3, -0.25) is 0 Å². The summed E-state index contributed by atoms with van der Waals surface area (Å²) in [5.41, 5.74) is 1.01. The molecule has 0 aromatic heterocycles. The van der Waals surface area contributed by atoms with Gasteiger partial charge in [0, 0.05) is 25.5 Å². The van der Waals surface area contributed by atoms with Crippen LogP contribution in [-0.2, 0) is 4.74 Å². The van der Waals surface area contributed by atoms with E-state index in [-0.39, 0.29) is 11.1 Å². The smallest absolute Gasteiger partial charge is 0.345 e. The van der Waals surface area contributed by atoms with E-state index in [4.69, 9.17) is 9.47 Å². The number of rotatable bonds is 1. The van der Waals surface area contributed by atoms with Crippen molar-refractivity contribution < 1.29 is 23.0 Å². The first-order chi connectivity index (χ1) is 9.85. The molecule has 3 nitrogen and oxygen atoms in total. The first-order valence-electron chi connectivity index (χ1n) is 6.37. The molecule has 5 heteroatoms. The second-order valence-corrected chi connectivity index (χ2v) is 5.23. The third-order valence-corrected chi connectivity index (χ3v) is 3.14. The highest BCUT2D eigenvalue weighted by Crippen LogP contribution is 2.35. The number of ether oxygens (including phenoxy) is 2. The molecule has 1 heterocycles. The normalized spacial score (nSPS) is 15.9. The summed E-state index contributed by atoms with van der Waals surface area (Å²) in [7, 11) is 0. The number of hydrogen-bond acceptors (Lipinski definition) is 3. The van der Waals surface area contributed by atoms with Gasteiger partial charge in [-0.2, -0.15) is 0 Å². The van der Waals surface area contributed by atoms with Crippen molar-refractivity contribution in [3.63, 3.8) is 0 Å². The predicted molar refractivity (Wildman–Crippen MR) is 71.9 cm³/mol. The molecule has 0 amide bonds. The van der Waals surface area contributed by atoms with Crippen LogP contribution in [0.25, 0.3) is 11.1 Å². The van der Waals surface area contributed by atoms with Gasteiger partial charge in [-0.15, -0.1) is 0 Å². The Kier molecular flexibility index (Phi) is 2.93. The Bertz CT molecular complexity index is 738. The van der Waals surface area contributed by atoms with Crippen LogP contribution >= 0.6 is 0 Å². The monoisotopic (exact) mass is 290 g/mol. The van der Waals surface area contributed by atoms with Gasteiger partial charge in [-0.05, 0) is 29.8 Å². The quantitative estimate of drug-likeness (QED) is 0.747. The lowest BCUT2D eigenvalue weighted by Gasteiger charge is -2.31. The topological polar surface area (TPSA) is 35.5 Å². The molecule has 0 N–H and O–H groups in total. The van der Waals surface area contributed by atoms with E-state index in [9.17, 15) is 13.6 Å². The van der Waals surface area contributed by atoms with Gasteiger partial charge in [-0.1, -0.05) is 6.07 Å². The molecule has 2 aromatic rings. The summed E-state index contributed by atoms with van der Waals surface area (Å²) in [5.74, 6) is -2.57. The Morgan fingerprint density at radius 2 is 1.67 bits per heavy atom. The molecule has 0 unspecified atom stereocenters. The van der Waals surface area contributed by atoms with Crippen molar-refractivity contribution in [3.8, 4) is 16.9 Å². The minimum absolute atomic E-state index is 0.236. The van der Waals surface area contributed by atoms with E-state index in [1.807, 2.05) is 0 Å². The van der Waals surface area contributed by atoms with E-state index in [1.165, 1.54) is 18.2 Å². The van der Waals surface area contributed by atoms with Crippen LogP contribution in [0.4, 0.5) is 8.78 Å². The largest absolute Gasteiger partial charge is 0.452 e. The Hall–Kier alpha value is -2.43. The fourth-order valence-corrected chi connectivity index (χ4v) is 2.23. The number of benzene rings is 2. The summed E-state index contributed by atoms with van der Waals surface area (Å²) in [6.07, 6.45) is 0. The van der Waals surface area contributed by atoms with Gasteiger partial charge < -0.3 is 9.47 Å². The van der Waals surface area contributed by atoms with Crippen molar-refractivity contribution in [2.75, 3.05) is 0 Å². The maximum Gasteiger partial charge on any atom is 0.345 e. The molecule has 0 atom stereocenters. The number of fused-ring (bicyclic) bond motifs is 1. The molecule has 0 saturated heterocycles. The molecular formula is C16H12F2O3. The van der Waals surface area contributed by atoms with Crippen molar-refractivity contribution in [1.82, 2.24) is 0 Å². The van der Waals surface area contributed by atoms with Gasteiger partial charge in [0.05, 0.1) is 0 Å². The van der Waals surface area contributed by atoms with Crippen molar-refractivity contribution in [3.05, 3.63) is 53.6 Å². The van der Waals surface area contributed by atoms with Crippen LogP contribution in [0.15, 0.2) is 36.4 Å². The summed E-state index contributed by atoms with van der Waals surface area (Å²) in [5, 5.41) is 0. The number of carbonyl (C=O) groups excluding carboxylic acids is 1. The molecule has 1 aliphatic rings. The number of halogens is 2. The predicted octanol–water partition coefficient (Wildman–Crippen LogP) is 3.92. The van der Waals surface area contributed by atoms with E-state index >= 15 is 0 Å². The van der Waals surface area contributed by atoms with E-state index in [1.54, 1.807) is 26.0 Å². The molecule has 0 fully saturated rings. The van der Waals surface area contributed by atoms with Gasteiger partial charge in [0.2, 0.25) is 5.79 Å². The van der Waals surface area contributed by atoms with Gasteiger partial charge in [0.15, 0.2) is 0 Å². The molecule has 0 spiro atoms. The van der Waals surface area contributed by atoms with Crippen LogP contribution in [0.3, 0.4) is 0 Å². The van der Waals surface area contributed by atoms with Gasteiger partial charge >= 0.3 is 5.97 Å². The lowest BCUT2D eigenvalue weighted by atomic mass is 10.0. The van der Waals surface area contributed by atoms with Gasteiger partial charge in [0.25, 0.3) is 0 Å². The van der Waals surface area contributed by atoms with Crippen LogP contribution in [0.2, 0.25) is 0 Å². The zero-order valence-electron chi connectivity index (χ0n) is 11.4. The highest BCUT2D eigenvalue weighted by molar-refractivity contribution is 5.94. The third kappa shape index (κ3) is 2.46. The van der Waals surface area contributed by atoms with Crippen molar-refractivity contribution >= 4 is 5.97 Å². The van der Waals surface area contributed by atoms with E-state index < -0.39 is 23.4 Å². The van der Waals surface area contributed by atoms with Crippen molar-refractivity contribution in [2.24, 2.45) is 0 Å². The van der Waals surface area contributed by atoms with Gasteiger partial charge in [0.1, 0.15) is 22.9 Å². The molecule has 2 aromatic carbocycles. The highest BCUT2D eigenvalue weighted by atomic mass is 19.1. The highest BCUT2D eigenvalue weighted by Gasteiger charge is 2.33. The van der Waals surface area contributed by atoms with Crippen LogP contribution in [0.5, 0.6) is 5.75 Å². The number of hydrogen-bond donors (Lipinski definition) is 0. The summed E-state index contributed by atoms with van der Waals surface area (Å²) in [4.78, 5) is 11.8. The Morgan fingerprint density at radius 3 is 2.38 bits per heavy atom. The van der Waals surface area contributed by atoms with Crippen molar-refractivity contribution in [1.29, 1.82) is 0 Å². The first kappa shape index (κ1) is 13.5. The minimum Gasteiger partial charge on any atom is -0.452 e. The van der Waals surface area contributed by atoms with Gasteiger partial charge in [-0.25, -0.2) is 13.6 Å². The van der Waals surface area contributed by atoms with Crippen LogP contribution in [-0.4, -0.2) is 11.8 Å². The summed E-state index contributed by atoms with van der Waals surface area (Å²) in [6, 6.07) is 7.96. The number of cyclic esters (lactones) is 1. The molecule has 0 bridgehead atoms. The lowest BCUT2D eigenvalue weighted by Crippen LogP contribution is -2.38. The summed E-state index contributed by atoms with van der Waals surface area (Å²) in [6.45, 7) is 3.22. The van der Waals surface area contributed by atoms with Crippen molar-refractivity contribution in [2.45, 2.75) is 19.6 Å². The molecular weight excluding hydrogens is 278 g/mol. The Labute approximate surface area is 120 Å². The molecule has 3 rings (SSSR count). The SMILES string of the molecule is CC1(C)OC(=O)c2ccc(-c3ccc(F)cc3F)cc2O1. The fraction of sp³-hybridized carbons (Fsp3) is 0.188. The number of esters is 1. The summed E-state index contributed by atoms with van der Waals surface area (Å²) < 4.78 is 37.5. The maximum absolute atomic E-state index is 13.8. The zero-order chi connectivity index (χ0) is 15.2. The molecule has 0 aliphatic carbocycles. The average Bonchev–Trinajstić information content (AvgIpc) is 2.36. The second-order valence-electron chi connectivity index (χ2n) is 5.23. The Balaban J connectivity index is 2.09. The number of carbonyl (C=O) groups is 1. The van der Waals surface area contributed by atoms with Crippen LogP contribution in [0, 0.1) is 11.6 Å². The molecule has 108 valence electrons. The summed E-state index contributed by atoms with van der Waals surface area (Å²) >= 11 is 0. The first-order valence-corrected chi connectivity index (χ1v) is 6.37. The van der Waals surface area contributed by atoms with Crippen LogP contribution < -0.4 is 4.74 Å². The average molecular weight is 290 g/mol. The molecule has 0 radical (unpaired) electrons. The second kappa shape index (κ2) is 4.55. The maximum atomic E-state index is 13.8. The molecule has 21 heavy (non-hydrogen) atoms. The molecule has 1 aliphatic heterocycles. The zero-order valence-corrected chi connectivity index (χ0v) is 11.4. The minimum atomic E-state index is -1.08. The van der Waals surface area contributed by atoms with E-state index in [2.05, 4.69) is 0 Å². The molecule has 0 saturated carbocycles. The fourth-order valence-electron chi connectivity index (χ4n) is 2.23. The van der Waals surface area contributed by atoms with E-state index in [0.717, 1.165) is 6.07 Å². The van der Waals surface area contributed by atoms with E-state index in [0.29, 0.717) is 11.3 Å². The Morgan fingerprint density at radius 1 is 0.952 bits per heavy atom. The lowest BCUT2D eigenvalue weighted by molar-refractivity contribution is -0.127. The standard InChI is InChI=1S/C16H12F2O3/c1-16(2)20-14-7-9(3-5-12(14)15(19)21-16)11-6-4-10(17)8-13(11)18/h3-8H,1-2H3.